The van der Waals surface area contributed by atoms with Gasteiger partial charge >= 0.3 is 0 Å². The van der Waals surface area contributed by atoms with E-state index in [1.54, 1.807) is 0 Å². The number of para-hydroxylation sites is 1. The number of hydrogen-bond acceptors (Lipinski definition) is 3. The molecule has 114 valence electrons. The van der Waals surface area contributed by atoms with E-state index in [1.165, 1.54) is 0 Å². The van der Waals surface area contributed by atoms with Gasteiger partial charge in [-0.1, -0.05) is 18.2 Å². The monoisotopic (exact) mass is 288 g/mol. The topological polar surface area (TPSA) is 41.6 Å². The molecule has 21 heavy (non-hydrogen) atoms. The van der Waals surface area contributed by atoms with Gasteiger partial charge in [0.05, 0.1) is 5.92 Å². The van der Waals surface area contributed by atoms with Crippen molar-refractivity contribution >= 4 is 5.91 Å². The van der Waals surface area contributed by atoms with Gasteiger partial charge in [-0.15, -0.1) is 0 Å². The Kier molecular flexibility index (Phi) is 4.44. The van der Waals surface area contributed by atoms with Gasteiger partial charge in [0.15, 0.2) is 0 Å². The number of nitrogens with zero attached hydrogens (tertiary/aromatic N) is 1. The summed E-state index contributed by atoms with van der Waals surface area (Å²) < 4.78 is 5.78. The summed E-state index contributed by atoms with van der Waals surface area (Å²) in [6.07, 6.45) is 3.06. The second-order valence-electron chi connectivity index (χ2n) is 5.94. The Morgan fingerprint density at radius 1 is 1.43 bits per heavy atom. The smallest absolute Gasteiger partial charge is 0.229 e. The molecule has 1 fully saturated rings. The minimum absolute atomic E-state index is 0.0400. The summed E-state index contributed by atoms with van der Waals surface area (Å²) in [5.74, 6) is 1.14. The van der Waals surface area contributed by atoms with E-state index in [0.29, 0.717) is 12.6 Å². The van der Waals surface area contributed by atoms with E-state index in [9.17, 15) is 4.79 Å². The van der Waals surface area contributed by atoms with Crippen LogP contribution in [0, 0.1) is 5.92 Å². The largest absolute Gasteiger partial charge is 0.492 e. The molecule has 1 aromatic rings. The molecule has 0 bridgehead atoms. The molecule has 0 radical (unpaired) electrons. The highest BCUT2D eigenvalue weighted by Gasteiger charge is 2.32. The van der Waals surface area contributed by atoms with Gasteiger partial charge in [-0.05, 0) is 44.4 Å². The number of carbonyl (C=O) groups is 1. The molecule has 2 aliphatic heterocycles. The molecule has 1 aromatic carbocycles. The lowest BCUT2D eigenvalue weighted by molar-refractivity contribution is -0.139. The van der Waals surface area contributed by atoms with Crippen LogP contribution in [0.4, 0.5) is 0 Å². The molecule has 2 atom stereocenters. The number of fused-ring (bicyclic) bond motifs is 1. The third-order valence-corrected chi connectivity index (χ3v) is 4.56. The molecule has 4 heteroatoms. The van der Waals surface area contributed by atoms with Crippen molar-refractivity contribution in [1.29, 1.82) is 0 Å². The summed E-state index contributed by atoms with van der Waals surface area (Å²) in [6, 6.07) is 8.38. The number of amides is 1. The van der Waals surface area contributed by atoms with Gasteiger partial charge in [0.2, 0.25) is 5.91 Å². The molecule has 2 aliphatic rings. The van der Waals surface area contributed by atoms with Crippen LogP contribution in [0.3, 0.4) is 0 Å². The highest BCUT2D eigenvalue weighted by molar-refractivity contribution is 5.80. The van der Waals surface area contributed by atoms with Crippen molar-refractivity contribution in [3.8, 4) is 5.75 Å². The van der Waals surface area contributed by atoms with Crippen LogP contribution in [-0.4, -0.2) is 43.1 Å². The van der Waals surface area contributed by atoms with Gasteiger partial charge < -0.3 is 15.0 Å². The van der Waals surface area contributed by atoms with E-state index in [-0.39, 0.29) is 11.8 Å². The fourth-order valence-corrected chi connectivity index (χ4v) is 3.41. The average molecular weight is 288 g/mol. The van der Waals surface area contributed by atoms with Crippen LogP contribution in [0.2, 0.25) is 0 Å². The van der Waals surface area contributed by atoms with Crippen LogP contribution in [0.25, 0.3) is 0 Å². The molecule has 0 aromatic heterocycles. The zero-order chi connectivity index (χ0) is 14.7. The van der Waals surface area contributed by atoms with Gasteiger partial charge in [-0.3, -0.25) is 4.79 Å². The zero-order valence-corrected chi connectivity index (χ0v) is 12.7. The summed E-state index contributed by atoms with van der Waals surface area (Å²) in [5, 5.41) is 3.40. The van der Waals surface area contributed by atoms with Crippen molar-refractivity contribution in [1.82, 2.24) is 10.2 Å². The van der Waals surface area contributed by atoms with Crippen LogP contribution >= 0.6 is 0 Å². The maximum atomic E-state index is 12.9. The van der Waals surface area contributed by atoms with Gasteiger partial charge in [0, 0.05) is 19.1 Å². The van der Waals surface area contributed by atoms with E-state index in [1.807, 2.05) is 23.1 Å². The third kappa shape index (κ3) is 3.05. The summed E-state index contributed by atoms with van der Waals surface area (Å²) in [5.41, 5.74) is 1.15. The highest BCUT2D eigenvalue weighted by atomic mass is 16.5. The lowest BCUT2D eigenvalue weighted by atomic mass is 9.94. The molecule has 1 N–H and O–H groups in total. The standard InChI is InChI=1S/C17H24N2O2/c1-2-19(15-7-5-9-18-11-15)17(20)14-10-13-6-3-4-8-16(13)21-12-14/h3-4,6,8,14-15,18H,2,5,7,9-12H2,1H3. The Labute approximate surface area is 126 Å². The Morgan fingerprint density at radius 3 is 3.05 bits per heavy atom. The number of benzene rings is 1. The number of rotatable bonds is 3. The molecule has 0 spiro atoms. The van der Waals surface area contributed by atoms with E-state index in [2.05, 4.69) is 18.3 Å². The fourth-order valence-electron chi connectivity index (χ4n) is 3.41. The van der Waals surface area contributed by atoms with Crippen molar-refractivity contribution in [3.63, 3.8) is 0 Å². The number of ether oxygens (including phenoxy) is 1. The highest BCUT2D eigenvalue weighted by Crippen LogP contribution is 2.28. The van der Waals surface area contributed by atoms with E-state index in [0.717, 1.165) is 50.2 Å². The first kappa shape index (κ1) is 14.4. The van der Waals surface area contributed by atoms with Crippen molar-refractivity contribution < 1.29 is 9.53 Å². The van der Waals surface area contributed by atoms with Crippen molar-refractivity contribution in [2.45, 2.75) is 32.2 Å². The molecule has 3 rings (SSSR count). The Bertz CT molecular complexity index is 497. The van der Waals surface area contributed by atoms with Gasteiger partial charge in [-0.2, -0.15) is 0 Å². The van der Waals surface area contributed by atoms with Crippen LogP contribution < -0.4 is 10.1 Å². The molecule has 0 aliphatic carbocycles. The van der Waals surface area contributed by atoms with Gasteiger partial charge in [-0.25, -0.2) is 0 Å². The molecule has 4 nitrogen and oxygen atoms in total. The first-order valence-electron chi connectivity index (χ1n) is 8.01. The number of nitrogens with one attached hydrogen (secondary N) is 1. The van der Waals surface area contributed by atoms with E-state index in [4.69, 9.17) is 4.74 Å². The lowest BCUT2D eigenvalue weighted by Crippen LogP contribution is -2.51. The second-order valence-corrected chi connectivity index (χ2v) is 5.94. The number of hydrogen-bond donors (Lipinski definition) is 1. The average Bonchev–Trinajstić information content (AvgIpc) is 2.56. The second kappa shape index (κ2) is 6.48. The molecular formula is C17H24N2O2. The SMILES string of the molecule is CCN(C(=O)C1COc2ccccc2C1)C1CCCNC1. The normalized spacial score (nSPS) is 24.8. The molecule has 1 saturated heterocycles. The molecule has 2 heterocycles. The predicted molar refractivity (Wildman–Crippen MR) is 82.4 cm³/mol. The van der Waals surface area contributed by atoms with E-state index >= 15 is 0 Å². The Balaban J connectivity index is 1.69. The first-order valence-corrected chi connectivity index (χ1v) is 8.01. The maximum Gasteiger partial charge on any atom is 0.229 e. The Hall–Kier alpha value is -1.55. The number of likely N-dealkylation sites (N-methyl/N-ethyl adjacent to an activating group) is 1. The quantitative estimate of drug-likeness (QED) is 0.923. The Morgan fingerprint density at radius 2 is 2.29 bits per heavy atom. The van der Waals surface area contributed by atoms with Crippen LogP contribution in [0.15, 0.2) is 24.3 Å². The minimum atomic E-state index is -0.0400. The number of piperidine rings is 1. The summed E-state index contributed by atoms with van der Waals surface area (Å²) in [4.78, 5) is 14.9. The minimum Gasteiger partial charge on any atom is -0.492 e. The van der Waals surface area contributed by atoms with E-state index < -0.39 is 0 Å². The zero-order valence-electron chi connectivity index (χ0n) is 12.7. The van der Waals surface area contributed by atoms with Gasteiger partial charge in [0.25, 0.3) is 0 Å². The van der Waals surface area contributed by atoms with Crippen molar-refractivity contribution in [2.75, 3.05) is 26.2 Å². The van der Waals surface area contributed by atoms with Crippen LogP contribution in [-0.2, 0) is 11.2 Å². The maximum absolute atomic E-state index is 12.9. The van der Waals surface area contributed by atoms with Crippen molar-refractivity contribution in [3.05, 3.63) is 29.8 Å². The summed E-state index contributed by atoms with van der Waals surface area (Å²) in [6.45, 7) is 5.35. The molecule has 0 saturated carbocycles. The van der Waals surface area contributed by atoms with Crippen molar-refractivity contribution in [2.24, 2.45) is 5.92 Å². The third-order valence-electron chi connectivity index (χ3n) is 4.56. The fraction of sp³-hybridized carbons (Fsp3) is 0.588. The molecular weight excluding hydrogens is 264 g/mol. The number of carbonyl (C=O) groups excluding carboxylic acids is 1. The molecule has 2 unspecified atom stereocenters. The van der Waals surface area contributed by atoms with Crippen LogP contribution in [0.5, 0.6) is 5.75 Å². The predicted octanol–water partition coefficient (Wildman–Crippen LogP) is 1.84. The summed E-state index contributed by atoms with van der Waals surface area (Å²) in [7, 11) is 0. The summed E-state index contributed by atoms with van der Waals surface area (Å²) >= 11 is 0. The van der Waals surface area contributed by atoms with Crippen LogP contribution in [0.1, 0.15) is 25.3 Å². The van der Waals surface area contributed by atoms with Gasteiger partial charge in [0.1, 0.15) is 12.4 Å². The first-order chi connectivity index (χ1) is 10.3. The molecule has 1 amide bonds. The lowest BCUT2D eigenvalue weighted by Gasteiger charge is -2.37.